The van der Waals surface area contributed by atoms with E-state index in [9.17, 15) is 0 Å². The van der Waals surface area contributed by atoms with E-state index in [-0.39, 0.29) is 0 Å². The molecule has 0 atom stereocenters. The smallest absolute Gasteiger partial charge is 0.224 e. The maximum absolute atomic E-state index is 6.42. The van der Waals surface area contributed by atoms with Crippen LogP contribution >= 0.6 is 11.6 Å². The second-order valence-corrected chi connectivity index (χ2v) is 7.38. The van der Waals surface area contributed by atoms with Gasteiger partial charge in [-0.2, -0.15) is 10.1 Å². The van der Waals surface area contributed by atoms with Crippen LogP contribution < -0.4 is 11.1 Å². The summed E-state index contributed by atoms with van der Waals surface area (Å²) in [6.45, 7) is 0.841. The molecular weight excluding hydrogens is 348 g/mol. The van der Waals surface area contributed by atoms with Gasteiger partial charge in [0.05, 0.1) is 10.4 Å². The van der Waals surface area contributed by atoms with Crippen molar-refractivity contribution in [1.82, 2.24) is 19.7 Å². The van der Waals surface area contributed by atoms with Gasteiger partial charge in [-0.3, -0.25) is 0 Å². The first-order valence-electron chi connectivity index (χ1n) is 9.07. The van der Waals surface area contributed by atoms with E-state index in [1.54, 1.807) is 0 Å². The Morgan fingerprint density at radius 3 is 2.73 bits per heavy atom. The normalized spacial score (nSPS) is 20.4. The van der Waals surface area contributed by atoms with Crippen LogP contribution in [0.1, 0.15) is 25.7 Å². The molecule has 0 saturated heterocycles. The zero-order valence-electron chi connectivity index (χ0n) is 14.8. The lowest BCUT2D eigenvalue weighted by Crippen LogP contribution is -2.28. The van der Waals surface area contributed by atoms with E-state index in [0.29, 0.717) is 22.9 Å². The molecule has 0 unspecified atom stereocenters. The van der Waals surface area contributed by atoms with Crippen molar-refractivity contribution in [2.45, 2.75) is 38.3 Å². The molecule has 0 spiro atoms. The van der Waals surface area contributed by atoms with Crippen LogP contribution in [0, 0.1) is 5.92 Å². The van der Waals surface area contributed by atoms with Gasteiger partial charge in [-0.05, 0) is 37.7 Å². The van der Waals surface area contributed by atoms with E-state index in [2.05, 4.69) is 15.3 Å². The molecule has 0 amide bonds. The van der Waals surface area contributed by atoms with E-state index in [1.807, 2.05) is 42.2 Å². The minimum absolute atomic E-state index is 0.345. The van der Waals surface area contributed by atoms with Gasteiger partial charge in [0.25, 0.3) is 0 Å². The van der Waals surface area contributed by atoms with Crippen molar-refractivity contribution in [3.63, 3.8) is 0 Å². The van der Waals surface area contributed by atoms with Gasteiger partial charge in [0.1, 0.15) is 5.69 Å². The van der Waals surface area contributed by atoms with E-state index in [1.165, 1.54) is 0 Å². The van der Waals surface area contributed by atoms with Crippen molar-refractivity contribution in [2.75, 3.05) is 12.4 Å². The highest BCUT2D eigenvalue weighted by molar-refractivity contribution is 6.33. The Morgan fingerprint density at radius 2 is 2.00 bits per heavy atom. The third-order valence-corrected chi connectivity index (χ3v) is 5.49. The number of anilines is 1. The highest BCUT2D eigenvalue weighted by Crippen LogP contribution is 2.33. The SMILES string of the molecule is CNc1ncc2c(-c3ccccc3Cl)nn(C[C@H]3CC[C@H](N)CC3)c2n1. The van der Waals surface area contributed by atoms with Crippen molar-refractivity contribution in [3.8, 4) is 11.3 Å². The van der Waals surface area contributed by atoms with Gasteiger partial charge in [0.15, 0.2) is 5.65 Å². The number of benzene rings is 1. The molecule has 0 aliphatic heterocycles. The molecule has 7 heteroatoms. The van der Waals surface area contributed by atoms with Gasteiger partial charge >= 0.3 is 0 Å². The minimum atomic E-state index is 0.345. The zero-order valence-corrected chi connectivity index (χ0v) is 15.6. The van der Waals surface area contributed by atoms with Crippen LogP contribution in [-0.4, -0.2) is 32.8 Å². The molecule has 0 radical (unpaired) electrons. The molecule has 0 bridgehead atoms. The number of hydrogen-bond donors (Lipinski definition) is 2. The molecule has 6 nitrogen and oxygen atoms in total. The van der Waals surface area contributed by atoms with Crippen LogP contribution in [0.2, 0.25) is 5.02 Å². The molecule has 3 N–H and O–H groups in total. The average molecular weight is 371 g/mol. The molecule has 1 aliphatic carbocycles. The molecule has 26 heavy (non-hydrogen) atoms. The molecule has 1 saturated carbocycles. The fourth-order valence-corrected chi connectivity index (χ4v) is 3.90. The van der Waals surface area contributed by atoms with Crippen molar-refractivity contribution in [1.29, 1.82) is 0 Å². The standard InChI is InChI=1S/C19H23ClN6/c1-22-19-23-10-15-17(14-4-2-3-5-16(14)20)25-26(18(15)24-19)11-12-6-8-13(21)9-7-12/h2-5,10,12-13H,6-9,11,21H2,1H3,(H,22,23,24)/t12-,13-. The molecule has 2 heterocycles. The second kappa shape index (κ2) is 7.21. The Kier molecular flexibility index (Phi) is 4.78. The molecule has 4 rings (SSSR count). The first kappa shape index (κ1) is 17.2. The second-order valence-electron chi connectivity index (χ2n) is 6.97. The summed E-state index contributed by atoms with van der Waals surface area (Å²) >= 11 is 6.42. The number of rotatable bonds is 4. The Morgan fingerprint density at radius 1 is 1.23 bits per heavy atom. The van der Waals surface area contributed by atoms with Crippen LogP contribution in [0.5, 0.6) is 0 Å². The van der Waals surface area contributed by atoms with Crippen LogP contribution in [-0.2, 0) is 6.54 Å². The maximum atomic E-state index is 6.42. The lowest BCUT2D eigenvalue weighted by molar-refractivity contribution is 0.288. The topological polar surface area (TPSA) is 81.7 Å². The largest absolute Gasteiger partial charge is 0.357 e. The van der Waals surface area contributed by atoms with Crippen molar-refractivity contribution in [3.05, 3.63) is 35.5 Å². The Labute approximate surface area is 157 Å². The number of halogens is 1. The summed E-state index contributed by atoms with van der Waals surface area (Å²) in [5.41, 5.74) is 8.63. The fraction of sp³-hybridized carbons (Fsp3) is 0.421. The predicted molar refractivity (Wildman–Crippen MR) is 105 cm³/mol. The van der Waals surface area contributed by atoms with Crippen LogP contribution in [0.3, 0.4) is 0 Å². The van der Waals surface area contributed by atoms with Crippen molar-refractivity contribution in [2.24, 2.45) is 11.7 Å². The number of fused-ring (bicyclic) bond motifs is 1. The summed E-state index contributed by atoms with van der Waals surface area (Å²) in [5.74, 6) is 1.17. The molecule has 3 aromatic rings. The van der Waals surface area contributed by atoms with Gasteiger partial charge in [-0.25, -0.2) is 9.67 Å². The maximum Gasteiger partial charge on any atom is 0.224 e. The van der Waals surface area contributed by atoms with Crippen molar-refractivity contribution >= 4 is 28.6 Å². The fourth-order valence-electron chi connectivity index (χ4n) is 3.67. The predicted octanol–water partition coefficient (Wildman–Crippen LogP) is 3.71. The summed E-state index contributed by atoms with van der Waals surface area (Å²) < 4.78 is 2.01. The van der Waals surface area contributed by atoms with Gasteiger partial charge in [0.2, 0.25) is 5.95 Å². The quantitative estimate of drug-likeness (QED) is 0.731. The summed E-state index contributed by atoms with van der Waals surface area (Å²) in [5, 5.41) is 9.49. The highest BCUT2D eigenvalue weighted by Gasteiger charge is 2.22. The lowest BCUT2D eigenvalue weighted by atomic mass is 9.86. The highest BCUT2D eigenvalue weighted by atomic mass is 35.5. The van der Waals surface area contributed by atoms with Crippen LogP contribution in [0.4, 0.5) is 5.95 Å². The first-order valence-corrected chi connectivity index (χ1v) is 9.45. The molecule has 136 valence electrons. The summed E-state index contributed by atoms with van der Waals surface area (Å²) in [4.78, 5) is 9.04. The van der Waals surface area contributed by atoms with Gasteiger partial charge in [-0.15, -0.1) is 0 Å². The Bertz CT molecular complexity index is 914. The number of nitrogens with two attached hydrogens (primary N) is 1. The van der Waals surface area contributed by atoms with Crippen LogP contribution in [0.25, 0.3) is 22.3 Å². The molecule has 1 fully saturated rings. The Balaban J connectivity index is 1.77. The Hall–Kier alpha value is -2.18. The number of nitrogens with zero attached hydrogens (tertiary/aromatic N) is 4. The zero-order chi connectivity index (χ0) is 18.1. The summed E-state index contributed by atoms with van der Waals surface area (Å²) in [6.07, 6.45) is 6.25. The molecule has 1 aromatic carbocycles. The average Bonchev–Trinajstić information content (AvgIpc) is 3.01. The third kappa shape index (κ3) is 3.27. The van der Waals surface area contributed by atoms with Crippen molar-refractivity contribution < 1.29 is 0 Å². The van der Waals surface area contributed by atoms with E-state index >= 15 is 0 Å². The van der Waals surface area contributed by atoms with Crippen LogP contribution in [0.15, 0.2) is 30.5 Å². The van der Waals surface area contributed by atoms with Gasteiger partial charge in [0, 0.05) is 31.4 Å². The number of hydrogen-bond acceptors (Lipinski definition) is 5. The lowest BCUT2D eigenvalue weighted by Gasteiger charge is -2.25. The van der Waals surface area contributed by atoms with Gasteiger partial charge < -0.3 is 11.1 Å². The van der Waals surface area contributed by atoms with Gasteiger partial charge in [-0.1, -0.05) is 29.8 Å². The third-order valence-electron chi connectivity index (χ3n) is 5.16. The molecule has 2 aromatic heterocycles. The monoisotopic (exact) mass is 370 g/mol. The minimum Gasteiger partial charge on any atom is -0.357 e. The molecule has 1 aliphatic rings. The van der Waals surface area contributed by atoms with E-state index in [4.69, 9.17) is 22.4 Å². The number of nitrogens with one attached hydrogen (secondary N) is 1. The van der Waals surface area contributed by atoms with E-state index in [0.717, 1.165) is 54.5 Å². The number of aromatic nitrogens is 4. The van der Waals surface area contributed by atoms with E-state index < -0.39 is 0 Å². The summed E-state index contributed by atoms with van der Waals surface area (Å²) in [6, 6.07) is 8.11. The molecular formula is C19H23ClN6. The summed E-state index contributed by atoms with van der Waals surface area (Å²) in [7, 11) is 1.82. The first-order chi connectivity index (χ1) is 12.7.